The fourth-order valence-corrected chi connectivity index (χ4v) is 1.10. The Labute approximate surface area is 57.0 Å². The van der Waals surface area contributed by atoms with Crippen molar-refractivity contribution in [3.63, 3.8) is 0 Å². The van der Waals surface area contributed by atoms with Gasteiger partial charge in [0.05, 0.1) is 0 Å². The Morgan fingerprint density at radius 1 is 1.11 bits per heavy atom. The molecule has 2 atom stereocenters. The van der Waals surface area contributed by atoms with Gasteiger partial charge < -0.3 is 10.6 Å². The monoisotopic (exact) mass is 128 g/mol. The average Bonchev–Trinajstić information content (AvgIpc) is 1.97. The fraction of sp³-hybridized carbons (Fsp3) is 1.00. The van der Waals surface area contributed by atoms with Gasteiger partial charge in [0.2, 0.25) is 0 Å². The zero-order valence-corrected chi connectivity index (χ0v) is 6.28. The highest BCUT2D eigenvalue weighted by atomic mass is 15.0. The Balaban J connectivity index is 2.25. The summed E-state index contributed by atoms with van der Waals surface area (Å²) in [4.78, 5) is 0. The largest absolute Gasteiger partial charge is 0.313 e. The topological polar surface area (TPSA) is 24.1 Å². The van der Waals surface area contributed by atoms with E-state index in [2.05, 4.69) is 24.5 Å². The van der Waals surface area contributed by atoms with Gasteiger partial charge in [-0.15, -0.1) is 0 Å². The lowest BCUT2D eigenvalue weighted by Crippen LogP contribution is -2.33. The summed E-state index contributed by atoms with van der Waals surface area (Å²) in [5, 5.41) is 6.84. The van der Waals surface area contributed by atoms with Crippen molar-refractivity contribution in [1.29, 1.82) is 0 Å². The summed E-state index contributed by atoms with van der Waals surface area (Å²) < 4.78 is 0. The van der Waals surface area contributed by atoms with Crippen molar-refractivity contribution >= 4 is 0 Å². The molecule has 1 aliphatic heterocycles. The van der Waals surface area contributed by atoms with E-state index < -0.39 is 0 Å². The van der Waals surface area contributed by atoms with Gasteiger partial charge in [0.25, 0.3) is 0 Å². The molecule has 0 aromatic rings. The van der Waals surface area contributed by atoms with Crippen LogP contribution in [0.2, 0.25) is 0 Å². The molecule has 0 saturated carbocycles. The summed E-state index contributed by atoms with van der Waals surface area (Å²) in [5.74, 6) is 0. The molecule has 54 valence electrons. The molecule has 2 nitrogen and oxygen atoms in total. The van der Waals surface area contributed by atoms with E-state index in [0.717, 1.165) is 13.1 Å². The van der Waals surface area contributed by atoms with E-state index in [1.807, 2.05) is 0 Å². The Bertz CT molecular complexity index is 73.0. The van der Waals surface area contributed by atoms with Gasteiger partial charge in [0, 0.05) is 18.6 Å². The van der Waals surface area contributed by atoms with E-state index >= 15 is 0 Å². The second-order valence-electron chi connectivity index (χ2n) is 2.95. The first-order valence-electron chi connectivity index (χ1n) is 3.76. The number of hydrogen-bond donors (Lipinski definition) is 2. The van der Waals surface area contributed by atoms with Gasteiger partial charge >= 0.3 is 0 Å². The predicted molar refractivity (Wildman–Crippen MR) is 39.5 cm³/mol. The lowest BCUT2D eigenvalue weighted by molar-refractivity contribution is 0.540. The Hall–Kier alpha value is -0.0800. The standard InChI is InChI=1S/C7H16N2/c1-6-3-4-8-7(2)5-9-6/h6-9H,3-5H2,1-2H3/t6-,7-/m0/s1. The molecule has 2 heteroatoms. The number of hydrogen-bond acceptors (Lipinski definition) is 2. The van der Waals surface area contributed by atoms with Gasteiger partial charge in [-0.25, -0.2) is 0 Å². The highest BCUT2D eigenvalue weighted by Crippen LogP contribution is 1.94. The molecule has 0 aromatic carbocycles. The first-order chi connectivity index (χ1) is 4.29. The maximum absolute atomic E-state index is 3.43. The molecule has 0 aromatic heterocycles. The van der Waals surface area contributed by atoms with E-state index in [0.29, 0.717) is 12.1 Å². The zero-order chi connectivity index (χ0) is 6.69. The molecule has 9 heavy (non-hydrogen) atoms. The van der Waals surface area contributed by atoms with Crippen LogP contribution in [-0.2, 0) is 0 Å². The van der Waals surface area contributed by atoms with Crippen molar-refractivity contribution in [2.45, 2.75) is 32.4 Å². The van der Waals surface area contributed by atoms with Gasteiger partial charge in [-0.2, -0.15) is 0 Å². The van der Waals surface area contributed by atoms with Crippen LogP contribution in [0.3, 0.4) is 0 Å². The van der Waals surface area contributed by atoms with Crippen LogP contribution in [0, 0.1) is 0 Å². The minimum atomic E-state index is 0.648. The van der Waals surface area contributed by atoms with E-state index in [1.165, 1.54) is 6.42 Å². The van der Waals surface area contributed by atoms with Crippen LogP contribution < -0.4 is 10.6 Å². The Kier molecular flexibility index (Phi) is 2.49. The normalized spacial score (nSPS) is 38.0. The minimum Gasteiger partial charge on any atom is -0.313 e. The van der Waals surface area contributed by atoms with E-state index in [4.69, 9.17) is 0 Å². The van der Waals surface area contributed by atoms with Crippen LogP contribution in [0.15, 0.2) is 0 Å². The van der Waals surface area contributed by atoms with Crippen molar-refractivity contribution in [3.05, 3.63) is 0 Å². The lowest BCUT2D eigenvalue weighted by atomic mass is 10.2. The summed E-state index contributed by atoms with van der Waals surface area (Å²) in [6.07, 6.45) is 1.25. The highest BCUT2D eigenvalue weighted by molar-refractivity contribution is 4.73. The number of rotatable bonds is 0. The van der Waals surface area contributed by atoms with Crippen molar-refractivity contribution < 1.29 is 0 Å². The molecule has 1 rings (SSSR count). The van der Waals surface area contributed by atoms with Gasteiger partial charge in [0.1, 0.15) is 0 Å². The molecule has 1 heterocycles. The van der Waals surface area contributed by atoms with Crippen LogP contribution in [0.5, 0.6) is 0 Å². The molecule has 0 unspecified atom stereocenters. The first kappa shape index (κ1) is 7.03. The zero-order valence-electron chi connectivity index (χ0n) is 6.28. The summed E-state index contributed by atoms with van der Waals surface area (Å²) >= 11 is 0. The first-order valence-corrected chi connectivity index (χ1v) is 3.76. The number of nitrogens with one attached hydrogen (secondary N) is 2. The summed E-state index contributed by atoms with van der Waals surface area (Å²) in [6.45, 7) is 6.72. The average molecular weight is 128 g/mol. The molecule has 0 radical (unpaired) electrons. The quantitative estimate of drug-likeness (QED) is 0.492. The van der Waals surface area contributed by atoms with Gasteiger partial charge in [-0.05, 0) is 26.8 Å². The molecule has 1 saturated heterocycles. The third kappa shape index (κ3) is 2.33. The molecule has 0 bridgehead atoms. The minimum absolute atomic E-state index is 0.648. The summed E-state index contributed by atoms with van der Waals surface area (Å²) in [5.41, 5.74) is 0. The molecular formula is C7H16N2. The Morgan fingerprint density at radius 2 is 1.89 bits per heavy atom. The highest BCUT2D eigenvalue weighted by Gasteiger charge is 2.09. The molecule has 0 amide bonds. The van der Waals surface area contributed by atoms with E-state index in [1.54, 1.807) is 0 Å². The molecule has 1 aliphatic rings. The third-order valence-electron chi connectivity index (χ3n) is 1.84. The van der Waals surface area contributed by atoms with Crippen LogP contribution in [0.1, 0.15) is 20.3 Å². The maximum Gasteiger partial charge on any atom is 0.0164 e. The SMILES string of the molecule is C[C@H]1CCN[C@@H](C)CN1. The maximum atomic E-state index is 3.43. The third-order valence-corrected chi connectivity index (χ3v) is 1.84. The van der Waals surface area contributed by atoms with Crippen LogP contribution in [0.25, 0.3) is 0 Å². The second-order valence-corrected chi connectivity index (χ2v) is 2.95. The van der Waals surface area contributed by atoms with Crippen LogP contribution in [0.4, 0.5) is 0 Å². The van der Waals surface area contributed by atoms with Crippen molar-refractivity contribution in [1.82, 2.24) is 10.6 Å². The molecule has 0 spiro atoms. The smallest absolute Gasteiger partial charge is 0.0164 e. The van der Waals surface area contributed by atoms with E-state index in [9.17, 15) is 0 Å². The van der Waals surface area contributed by atoms with Gasteiger partial charge in [0.15, 0.2) is 0 Å². The van der Waals surface area contributed by atoms with Crippen molar-refractivity contribution in [2.24, 2.45) is 0 Å². The Morgan fingerprint density at radius 3 is 2.67 bits per heavy atom. The molecular weight excluding hydrogens is 112 g/mol. The van der Waals surface area contributed by atoms with Crippen molar-refractivity contribution in [3.8, 4) is 0 Å². The summed E-state index contributed by atoms with van der Waals surface area (Å²) in [7, 11) is 0. The summed E-state index contributed by atoms with van der Waals surface area (Å²) in [6, 6.07) is 1.34. The van der Waals surface area contributed by atoms with Gasteiger partial charge in [-0.3, -0.25) is 0 Å². The van der Waals surface area contributed by atoms with E-state index in [-0.39, 0.29) is 0 Å². The fourth-order valence-electron chi connectivity index (χ4n) is 1.10. The van der Waals surface area contributed by atoms with Crippen LogP contribution >= 0.6 is 0 Å². The molecule has 0 aliphatic carbocycles. The second kappa shape index (κ2) is 3.18. The van der Waals surface area contributed by atoms with Crippen LogP contribution in [-0.4, -0.2) is 25.2 Å². The molecule has 1 fully saturated rings. The molecule has 2 N–H and O–H groups in total. The van der Waals surface area contributed by atoms with Crippen molar-refractivity contribution in [2.75, 3.05) is 13.1 Å². The predicted octanol–water partition coefficient (Wildman–Crippen LogP) is 0.346. The lowest BCUT2D eigenvalue weighted by Gasteiger charge is -2.09. The van der Waals surface area contributed by atoms with Gasteiger partial charge in [-0.1, -0.05) is 0 Å².